The predicted molar refractivity (Wildman–Crippen MR) is 94.7 cm³/mol. The van der Waals surface area contributed by atoms with Crippen LogP contribution in [-0.4, -0.2) is 27.1 Å². The normalized spacial score (nSPS) is 16.8. The molecule has 1 heterocycles. The molecule has 0 spiro atoms. The number of nitrogens with one attached hydrogen (secondary N) is 1. The van der Waals surface area contributed by atoms with Crippen LogP contribution in [-0.2, 0) is 14.6 Å². The fraction of sp³-hybridized carbons (Fsp3) is 0.167. The first-order valence-electron chi connectivity index (χ1n) is 7.44. The molecule has 1 fully saturated rings. The van der Waals surface area contributed by atoms with Gasteiger partial charge in [-0.15, -0.1) is 0 Å². The summed E-state index contributed by atoms with van der Waals surface area (Å²) in [5, 5.41) is 3.43. The lowest BCUT2D eigenvalue weighted by Crippen LogP contribution is -2.15. The summed E-state index contributed by atoms with van der Waals surface area (Å²) in [6.45, 7) is 0.604. The molecule has 0 saturated carbocycles. The number of carbonyl (C=O) groups is 1. The van der Waals surface area contributed by atoms with Crippen LogP contribution in [0.3, 0.4) is 0 Å². The lowest BCUT2D eigenvalue weighted by molar-refractivity contribution is -0.116. The van der Waals surface area contributed by atoms with Crippen LogP contribution in [0, 0.1) is 0 Å². The fourth-order valence-electron chi connectivity index (χ4n) is 2.76. The van der Waals surface area contributed by atoms with E-state index in [1.807, 2.05) is 12.1 Å². The largest absolute Gasteiger partial charge is 0.352 e. The Bertz CT molecular complexity index is 914. The zero-order valence-corrected chi connectivity index (χ0v) is 14.6. The highest BCUT2D eigenvalue weighted by Crippen LogP contribution is 2.31. The molecular weight excluding hydrogens is 346 g/mol. The Balaban J connectivity index is 2.16. The van der Waals surface area contributed by atoms with Gasteiger partial charge in [-0.1, -0.05) is 35.9 Å². The number of benzene rings is 2. The quantitative estimate of drug-likeness (QED) is 0.854. The molecule has 124 valence electrons. The van der Waals surface area contributed by atoms with Gasteiger partial charge in [-0.25, -0.2) is 8.42 Å². The summed E-state index contributed by atoms with van der Waals surface area (Å²) >= 11 is 5.96. The monoisotopic (exact) mass is 361 g/mol. The second-order valence-corrected chi connectivity index (χ2v) is 8.12. The van der Waals surface area contributed by atoms with Gasteiger partial charge in [0.05, 0.1) is 4.90 Å². The zero-order valence-electron chi connectivity index (χ0n) is 13.0. The molecule has 1 N–H and O–H groups in total. The van der Waals surface area contributed by atoms with Crippen molar-refractivity contribution in [3.8, 4) is 0 Å². The van der Waals surface area contributed by atoms with Crippen LogP contribution < -0.4 is 5.32 Å². The summed E-state index contributed by atoms with van der Waals surface area (Å²) < 4.78 is 23.3. The van der Waals surface area contributed by atoms with Gasteiger partial charge in [0.25, 0.3) is 0 Å². The van der Waals surface area contributed by atoms with E-state index in [0.717, 1.165) is 16.7 Å². The minimum atomic E-state index is -3.26. The number of amides is 1. The molecular formula is C18H16ClNO3S. The van der Waals surface area contributed by atoms with E-state index >= 15 is 0 Å². The Morgan fingerprint density at radius 3 is 2.00 bits per heavy atom. The Morgan fingerprint density at radius 2 is 1.54 bits per heavy atom. The van der Waals surface area contributed by atoms with Gasteiger partial charge in [-0.05, 0) is 47.4 Å². The minimum Gasteiger partial charge on any atom is -0.352 e. The molecule has 2 aromatic carbocycles. The molecule has 0 unspecified atom stereocenters. The first kappa shape index (κ1) is 16.7. The minimum absolute atomic E-state index is 0.0906. The highest BCUT2D eigenvalue weighted by atomic mass is 35.5. The molecule has 1 aliphatic rings. The average molecular weight is 362 g/mol. The van der Waals surface area contributed by atoms with E-state index in [1.165, 1.54) is 6.26 Å². The number of hydrogen-bond donors (Lipinski definition) is 1. The van der Waals surface area contributed by atoms with Crippen molar-refractivity contribution in [3.63, 3.8) is 0 Å². The number of carbonyl (C=O) groups excluding carboxylic acids is 1. The maximum atomic E-state index is 12.2. The third-order valence-corrected chi connectivity index (χ3v) is 5.32. The van der Waals surface area contributed by atoms with Crippen LogP contribution >= 0.6 is 11.6 Å². The number of sulfone groups is 1. The Hall–Kier alpha value is -2.11. The summed E-state index contributed by atoms with van der Waals surface area (Å²) in [7, 11) is -3.26. The highest BCUT2D eigenvalue weighted by Gasteiger charge is 2.23. The molecule has 1 aliphatic heterocycles. The van der Waals surface area contributed by atoms with E-state index in [9.17, 15) is 13.2 Å². The summed E-state index contributed by atoms with van der Waals surface area (Å²) in [4.78, 5) is 12.4. The molecule has 0 atom stereocenters. The van der Waals surface area contributed by atoms with E-state index in [2.05, 4.69) is 5.32 Å². The van der Waals surface area contributed by atoms with Crippen molar-refractivity contribution in [1.82, 2.24) is 5.32 Å². The van der Waals surface area contributed by atoms with Crippen LogP contribution in [0.4, 0.5) is 0 Å². The second-order valence-electron chi connectivity index (χ2n) is 5.66. The second kappa shape index (κ2) is 6.42. The molecule has 2 aromatic rings. The predicted octanol–water partition coefficient (Wildman–Crippen LogP) is 3.07. The lowest BCUT2D eigenvalue weighted by atomic mass is 9.92. The van der Waals surface area contributed by atoms with Crippen molar-refractivity contribution in [2.45, 2.75) is 11.3 Å². The summed E-state index contributed by atoms with van der Waals surface area (Å²) in [6, 6.07) is 13.9. The van der Waals surface area contributed by atoms with E-state index in [1.54, 1.807) is 36.4 Å². The van der Waals surface area contributed by atoms with Crippen LogP contribution in [0.25, 0.3) is 5.57 Å². The molecule has 24 heavy (non-hydrogen) atoms. The van der Waals surface area contributed by atoms with Crippen molar-refractivity contribution in [3.05, 3.63) is 70.3 Å². The molecule has 6 heteroatoms. The summed E-state index contributed by atoms with van der Waals surface area (Å²) in [5.41, 5.74) is 3.18. The maximum Gasteiger partial charge on any atom is 0.247 e. The topological polar surface area (TPSA) is 63.2 Å². The van der Waals surface area contributed by atoms with Crippen molar-refractivity contribution in [2.24, 2.45) is 0 Å². The highest BCUT2D eigenvalue weighted by molar-refractivity contribution is 7.90. The van der Waals surface area contributed by atoms with Gasteiger partial charge in [0.15, 0.2) is 9.84 Å². The maximum absolute atomic E-state index is 12.2. The molecule has 0 aromatic heterocycles. The molecule has 4 nitrogen and oxygen atoms in total. The van der Waals surface area contributed by atoms with Crippen molar-refractivity contribution < 1.29 is 13.2 Å². The summed E-state index contributed by atoms with van der Waals surface area (Å²) in [5.74, 6) is -0.0906. The third-order valence-electron chi connectivity index (χ3n) is 3.94. The van der Waals surface area contributed by atoms with E-state index in [4.69, 9.17) is 11.6 Å². The first-order chi connectivity index (χ1) is 11.4. The van der Waals surface area contributed by atoms with Crippen molar-refractivity contribution >= 4 is 32.9 Å². The Kier molecular flexibility index (Phi) is 4.47. The van der Waals surface area contributed by atoms with Gasteiger partial charge in [0.2, 0.25) is 5.91 Å². The lowest BCUT2D eigenvalue weighted by Gasteiger charge is -2.12. The van der Waals surface area contributed by atoms with E-state index in [0.29, 0.717) is 23.6 Å². The van der Waals surface area contributed by atoms with E-state index in [-0.39, 0.29) is 10.8 Å². The molecule has 3 rings (SSSR count). The summed E-state index contributed by atoms with van der Waals surface area (Å²) in [6.07, 6.45) is 1.80. The Labute approximate surface area is 146 Å². The molecule has 0 bridgehead atoms. The number of halogens is 1. The first-order valence-corrected chi connectivity index (χ1v) is 9.71. The zero-order chi connectivity index (χ0) is 17.3. The van der Waals surface area contributed by atoms with Crippen LogP contribution in [0.5, 0.6) is 0 Å². The third kappa shape index (κ3) is 3.37. The van der Waals surface area contributed by atoms with Gasteiger partial charge in [-0.3, -0.25) is 4.79 Å². The van der Waals surface area contributed by atoms with Gasteiger partial charge in [0.1, 0.15) is 0 Å². The van der Waals surface area contributed by atoms with Gasteiger partial charge < -0.3 is 5.32 Å². The van der Waals surface area contributed by atoms with Gasteiger partial charge >= 0.3 is 0 Å². The van der Waals surface area contributed by atoms with Crippen LogP contribution in [0.2, 0.25) is 5.02 Å². The molecule has 1 amide bonds. The molecule has 0 aliphatic carbocycles. The standard InChI is InChI=1S/C18H16ClNO3S/c1-24(22,23)15-8-4-13(5-9-15)17(16-10-11-20-18(16)21)12-2-6-14(19)7-3-12/h2-9H,10-11H2,1H3,(H,20,21)/b17-16-. The molecule has 0 radical (unpaired) electrons. The van der Waals surface area contributed by atoms with Crippen LogP contribution in [0.15, 0.2) is 59.0 Å². The van der Waals surface area contributed by atoms with Crippen molar-refractivity contribution in [2.75, 3.05) is 12.8 Å². The molecule has 1 saturated heterocycles. The number of hydrogen-bond acceptors (Lipinski definition) is 3. The SMILES string of the molecule is CS(=O)(=O)c1ccc(/C(=C2/CCNC2=O)c2ccc(Cl)cc2)cc1. The van der Waals surface area contributed by atoms with Gasteiger partial charge in [-0.2, -0.15) is 0 Å². The smallest absolute Gasteiger partial charge is 0.247 e. The fourth-order valence-corrected chi connectivity index (χ4v) is 3.52. The van der Waals surface area contributed by atoms with Crippen LogP contribution in [0.1, 0.15) is 17.5 Å². The van der Waals surface area contributed by atoms with E-state index < -0.39 is 9.84 Å². The van der Waals surface area contributed by atoms with Crippen molar-refractivity contribution in [1.29, 1.82) is 0 Å². The Morgan fingerprint density at radius 1 is 1.00 bits per heavy atom. The average Bonchev–Trinajstić information content (AvgIpc) is 2.95. The number of rotatable bonds is 3. The van der Waals surface area contributed by atoms with Gasteiger partial charge in [0, 0.05) is 23.4 Å².